The van der Waals surface area contributed by atoms with E-state index in [-0.39, 0.29) is 12.2 Å². The molecule has 0 fully saturated rings. The second kappa shape index (κ2) is 12.1. The highest BCUT2D eigenvalue weighted by Gasteiger charge is 2.15. The van der Waals surface area contributed by atoms with Gasteiger partial charge in [-0.1, -0.05) is 42.4 Å². The average molecular weight is 489 g/mol. The summed E-state index contributed by atoms with van der Waals surface area (Å²) in [6, 6.07) is 18.8. The van der Waals surface area contributed by atoms with Crippen LogP contribution in [0.3, 0.4) is 0 Å². The lowest BCUT2D eigenvalue weighted by atomic mass is 10.1. The van der Waals surface area contributed by atoms with Crippen LogP contribution in [-0.2, 0) is 27.3 Å². The van der Waals surface area contributed by atoms with Gasteiger partial charge < -0.3 is 18.7 Å². The summed E-state index contributed by atoms with van der Waals surface area (Å²) in [5.41, 5.74) is 3.31. The summed E-state index contributed by atoms with van der Waals surface area (Å²) in [6.45, 7) is 1.58. The van der Waals surface area contributed by atoms with E-state index in [0.717, 1.165) is 11.1 Å². The van der Waals surface area contributed by atoms with Crippen LogP contribution in [0.15, 0.2) is 77.6 Å². The van der Waals surface area contributed by atoms with Crippen LogP contribution in [0.1, 0.15) is 30.2 Å². The molecule has 36 heavy (non-hydrogen) atoms. The first-order chi connectivity index (χ1) is 17.6. The number of ether oxygens (including phenoxy) is 3. The van der Waals surface area contributed by atoms with E-state index in [1.165, 1.54) is 6.20 Å². The lowest BCUT2D eigenvalue weighted by molar-refractivity contribution is -0.151. The number of rotatable bonds is 10. The van der Waals surface area contributed by atoms with Crippen LogP contribution in [0.2, 0.25) is 0 Å². The molecule has 3 heterocycles. The van der Waals surface area contributed by atoms with Gasteiger partial charge in [-0.25, -0.2) is 14.8 Å². The van der Waals surface area contributed by atoms with Crippen LogP contribution in [0.4, 0.5) is 10.6 Å². The lowest BCUT2D eigenvalue weighted by Crippen LogP contribution is -2.18. The van der Waals surface area contributed by atoms with Crippen molar-refractivity contribution in [3.05, 3.63) is 89.9 Å². The lowest BCUT2D eigenvalue weighted by Gasteiger charge is -2.08. The Hall–Kier alpha value is -4.73. The van der Waals surface area contributed by atoms with Gasteiger partial charge in [0.2, 0.25) is 12.7 Å². The van der Waals surface area contributed by atoms with Crippen molar-refractivity contribution in [3.63, 3.8) is 0 Å². The van der Waals surface area contributed by atoms with Crippen molar-refractivity contribution >= 4 is 17.9 Å². The Labute approximate surface area is 207 Å². The zero-order chi connectivity index (χ0) is 25.2. The molecular weight excluding hydrogens is 464 g/mol. The first-order valence-corrected chi connectivity index (χ1v) is 11.2. The molecule has 4 rings (SSSR count). The summed E-state index contributed by atoms with van der Waals surface area (Å²) >= 11 is 0. The predicted octanol–water partition coefficient (Wildman–Crippen LogP) is 4.76. The standard InChI is InChI=1S/C26H24N4O6/c1-2-24(31)34-17-35-26(32)29-25-21(6-5-13-28-25)22-15-20(30-36-22)14-18-8-10-19(11-9-18)16-33-23-7-3-4-12-27-23/h3-13,15H,2,14,16-17H2,1H3,(H,28,29,32). The maximum absolute atomic E-state index is 12.0. The van der Waals surface area contributed by atoms with Crippen LogP contribution in [0, 0.1) is 0 Å². The fourth-order valence-electron chi connectivity index (χ4n) is 3.16. The molecule has 0 spiro atoms. The Bertz CT molecular complexity index is 1290. The van der Waals surface area contributed by atoms with Gasteiger partial charge in [0.25, 0.3) is 0 Å². The largest absolute Gasteiger partial charge is 0.473 e. The fourth-order valence-corrected chi connectivity index (χ4v) is 3.16. The molecule has 0 atom stereocenters. The van der Waals surface area contributed by atoms with E-state index in [9.17, 15) is 9.59 Å². The number of amides is 1. The highest BCUT2D eigenvalue weighted by Crippen LogP contribution is 2.27. The summed E-state index contributed by atoms with van der Waals surface area (Å²) in [4.78, 5) is 31.5. The smallest absolute Gasteiger partial charge is 0.415 e. The van der Waals surface area contributed by atoms with Gasteiger partial charge in [0.05, 0.1) is 11.3 Å². The Morgan fingerprint density at radius 3 is 2.53 bits per heavy atom. The predicted molar refractivity (Wildman–Crippen MR) is 129 cm³/mol. The number of esters is 1. The van der Waals surface area contributed by atoms with Crippen molar-refractivity contribution in [3.8, 4) is 17.2 Å². The summed E-state index contributed by atoms with van der Waals surface area (Å²) < 4.78 is 20.8. The van der Waals surface area contributed by atoms with Crippen molar-refractivity contribution < 1.29 is 28.3 Å². The van der Waals surface area contributed by atoms with E-state index in [2.05, 4.69) is 20.4 Å². The molecule has 0 saturated heterocycles. The number of aromatic nitrogens is 3. The molecule has 1 amide bonds. The summed E-state index contributed by atoms with van der Waals surface area (Å²) in [5.74, 6) is 0.771. The summed E-state index contributed by atoms with van der Waals surface area (Å²) in [7, 11) is 0. The molecule has 0 aliphatic rings. The topological polar surface area (TPSA) is 126 Å². The zero-order valence-corrected chi connectivity index (χ0v) is 19.5. The third-order valence-electron chi connectivity index (χ3n) is 4.98. The van der Waals surface area contributed by atoms with Crippen LogP contribution < -0.4 is 10.1 Å². The van der Waals surface area contributed by atoms with Gasteiger partial charge in [0, 0.05) is 37.4 Å². The minimum Gasteiger partial charge on any atom is -0.473 e. The molecule has 0 radical (unpaired) electrons. The van der Waals surface area contributed by atoms with Gasteiger partial charge >= 0.3 is 12.1 Å². The molecule has 1 N–H and O–H groups in total. The zero-order valence-electron chi connectivity index (χ0n) is 19.5. The number of hydrogen-bond donors (Lipinski definition) is 1. The second-order valence-corrected chi connectivity index (χ2v) is 7.58. The average Bonchev–Trinajstić information content (AvgIpc) is 3.37. The number of carbonyl (C=O) groups is 2. The number of nitrogens with zero attached hydrogens (tertiary/aromatic N) is 3. The van der Waals surface area contributed by atoms with Gasteiger partial charge in [-0.15, -0.1) is 0 Å². The second-order valence-electron chi connectivity index (χ2n) is 7.58. The number of benzene rings is 1. The maximum atomic E-state index is 12.0. The number of pyridine rings is 2. The normalized spacial score (nSPS) is 10.5. The molecule has 1 aromatic carbocycles. The number of nitrogens with one attached hydrogen (secondary N) is 1. The van der Waals surface area contributed by atoms with Crippen molar-refractivity contribution in [2.24, 2.45) is 0 Å². The van der Waals surface area contributed by atoms with Crippen LogP contribution in [-0.4, -0.2) is 34.0 Å². The van der Waals surface area contributed by atoms with Crippen LogP contribution >= 0.6 is 0 Å². The van der Waals surface area contributed by atoms with Gasteiger partial charge in [0.15, 0.2) is 5.76 Å². The van der Waals surface area contributed by atoms with Gasteiger partial charge in [-0.05, 0) is 29.3 Å². The maximum Gasteiger partial charge on any atom is 0.415 e. The Morgan fingerprint density at radius 1 is 0.944 bits per heavy atom. The number of anilines is 1. The van der Waals surface area contributed by atoms with Crippen molar-refractivity contribution in [1.82, 2.24) is 15.1 Å². The Morgan fingerprint density at radius 2 is 1.75 bits per heavy atom. The van der Waals surface area contributed by atoms with Gasteiger partial charge in [-0.3, -0.25) is 10.1 Å². The molecule has 10 heteroatoms. The fraction of sp³-hybridized carbons (Fsp3) is 0.192. The minimum atomic E-state index is -0.814. The Balaban J connectivity index is 1.35. The molecule has 10 nitrogen and oxygen atoms in total. The molecule has 3 aromatic heterocycles. The first kappa shape index (κ1) is 24.4. The third-order valence-corrected chi connectivity index (χ3v) is 4.98. The minimum absolute atomic E-state index is 0.188. The Kier molecular flexibility index (Phi) is 8.21. The number of carbonyl (C=O) groups excluding carboxylic acids is 2. The van der Waals surface area contributed by atoms with Crippen molar-refractivity contribution in [2.45, 2.75) is 26.4 Å². The van der Waals surface area contributed by atoms with E-state index in [1.54, 1.807) is 31.3 Å². The molecule has 4 aromatic rings. The molecule has 0 aliphatic carbocycles. The highest BCUT2D eigenvalue weighted by molar-refractivity contribution is 5.88. The van der Waals surface area contributed by atoms with Gasteiger partial charge in [0.1, 0.15) is 12.4 Å². The quantitative estimate of drug-likeness (QED) is 0.248. The van der Waals surface area contributed by atoms with E-state index >= 15 is 0 Å². The number of hydrogen-bond acceptors (Lipinski definition) is 9. The van der Waals surface area contributed by atoms with Gasteiger partial charge in [-0.2, -0.15) is 0 Å². The summed E-state index contributed by atoms with van der Waals surface area (Å²) in [6.07, 6.45) is 3.14. The molecule has 0 bridgehead atoms. The third kappa shape index (κ3) is 6.89. The van der Waals surface area contributed by atoms with Crippen molar-refractivity contribution in [2.75, 3.05) is 12.1 Å². The van der Waals surface area contributed by atoms with E-state index in [4.69, 9.17) is 18.7 Å². The van der Waals surface area contributed by atoms with E-state index < -0.39 is 18.9 Å². The first-order valence-electron chi connectivity index (χ1n) is 11.2. The van der Waals surface area contributed by atoms with Crippen molar-refractivity contribution in [1.29, 1.82) is 0 Å². The van der Waals surface area contributed by atoms with E-state index in [0.29, 0.717) is 35.9 Å². The molecule has 0 saturated carbocycles. The van der Waals surface area contributed by atoms with Crippen LogP contribution in [0.25, 0.3) is 11.3 Å². The van der Waals surface area contributed by atoms with Crippen LogP contribution in [0.5, 0.6) is 5.88 Å². The monoisotopic (exact) mass is 488 g/mol. The molecular formula is C26H24N4O6. The SMILES string of the molecule is CCC(=O)OCOC(=O)Nc1ncccc1-c1cc(Cc2ccc(COc3ccccn3)cc2)no1. The molecule has 0 aliphatic heterocycles. The molecule has 0 unspecified atom stereocenters. The molecule has 184 valence electrons. The van der Waals surface area contributed by atoms with E-state index in [1.807, 2.05) is 42.5 Å². The highest BCUT2D eigenvalue weighted by atomic mass is 16.7. The summed E-state index contributed by atoms with van der Waals surface area (Å²) in [5, 5.41) is 6.67.